The van der Waals surface area contributed by atoms with Crippen LogP contribution in [0.2, 0.25) is 0 Å². The molecule has 1 atom stereocenters. The van der Waals surface area contributed by atoms with E-state index in [2.05, 4.69) is 10.6 Å². The summed E-state index contributed by atoms with van der Waals surface area (Å²) in [6.07, 6.45) is 4.27. The predicted octanol–water partition coefficient (Wildman–Crippen LogP) is 0.265. The zero-order chi connectivity index (χ0) is 8.39. The molecule has 0 unspecified atom stereocenters. The average molecular weight is 168 g/mol. The van der Waals surface area contributed by atoms with Crippen LogP contribution >= 0.6 is 0 Å². The fourth-order valence-corrected chi connectivity index (χ4v) is 1.67. The van der Waals surface area contributed by atoms with E-state index in [1.165, 1.54) is 12.8 Å². The van der Waals surface area contributed by atoms with E-state index in [-0.39, 0.29) is 5.91 Å². The number of hydrogen-bond acceptors (Lipinski definition) is 2. The van der Waals surface area contributed by atoms with Crippen LogP contribution in [-0.4, -0.2) is 25.0 Å². The van der Waals surface area contributed by atoms with Crippen molar-refractivity contribution < 1.29 is 4.79 Å². The molecule has 1 aliphatic carbocycles. The molecule has 0 aromatic heterocycles. The summed E-state index contributed by atoms with van der Waals surface area (Å²) in [5.41, 5.74) is 0. The lowest BCUT2D eigenvalue weighted by Gasteiger charge is -2.07. The van der Waals surface area contributed by atoms with Gasteiger partial charge in [-0.15, -0.1) is 0 Å². The molecule has 1 amide bonds. The summed E-state index contributed by atoms with van der Waals surface area (Å²) in [5.74, 6) is 0.843. The van der Waals surface area contributed by atoms with Gasteiger partial charge in [0, 0.05) is 12.5 Å². The highest BCUT2D eigenvalue weighted by Gasteiger charge is 2.25. The molecule has 3 nitrogen and oxygen atoms in total. The standard InChI is InChI=1S/C9H16N2O/c12-9(11-8-1-2-8)5-7-3-4-10-6-7/h7-8,10H,1-6H2,(H,11,12)/t7-/m0/s1. The van der Waals surface area contributed by atoms with Crippen molar-refractivity contribution in [2.45, 2.75) is 31.7 Å². The monoisotopic (exact) mass is 168 g/mol. The lowest BCUT2D eigenvalue weighted by Crippen LogP contribution is -2.27. The van der Waals surface area contributed by atoms with E-state index in [4.69, 9.17) is 0 Å². The Kier molecular flexibility index (Phi) is 2.30. The quantitative estimate of drug-likeness (QED) is 0.635. The molecule has 2 fully saturated rings. The Balaban J connectivity index is 1.66. The van der Waals surface area contributed by atoms with Gasteiger partial charge in [-0.1, -0.05) is 0 Å². The van der Waals surface area contributed by atoms with Gasteiger partial charge in [0.15, 0.2) is 0 Å². The first-order chi connectivity index (χ1) is 5.84. The molecule has 2 rings (SSSR count). The third kappa shape index (κ3) is 2.21. The van der Waals surface area contributed by atoms with E-state index >= 15 is 0 Å². The van der Waals surface area contributed by atoms with Crippen molar-refractivity contribution in [2.75, 3.05) is 13.1 Å². The molecular formula is C9H16N2O. The van der Waals surface area contributed by atoms with Gasteiger partial charge in [0.2, 0.25) is 5.91 Å². The van der Waals surface area contributed by atoms with E-state index in [0.717, 1.165) is 25.9 Å². The summed E-state index contributed by atoms with van der Waals surface area (Å²) in [7, 11) is 0. The number of amides is 1. The minimum absolute atomic E-state index is 0.256. The highest BCUT2D eigenvalue weighted by atomic mass is 16.1. The zero-order valence-corrected chi connectivity index (χ0v) is 7.31. The average Bonchev–Trinajstić information content (AvgIpc) is 2.66. The molecule has 68 valence electrons. The van der Waals surface area contributed by atoms with Crippen LogP contribution in [0.4, 0.5) is 0 Å². The first-order valence-corrected chi connectivity index (χ1v) is 4.84. The van der Waals surface area contributed by atoms with Crippen LogP contribution in [0, 0.1) is 5.92 Å². The van der Waals surface area contributed by atoms with Crippen molar-refractivity contribution in [2.24, 2.45) is 5.92 Å². The van der Waals surface area contributed by atoms with Crippen LogP contribution in [0.3, 0.4) is 0 Å². The molecule has 0 aromatic carbocycles. The fraction of sp³-hybridized carbons (Fsp3) is 0.889. The largest absolute Gasteiger partial charge is 0.353 e. The van der Waals surface area contributed by atoms with Gasteiger partial charge in [-0.3, -0.25) is 4.79 Å². The Morgan fingerprint density at radius 3 is 2.83 bits per heavy atom. The van der Waals surface area contributed by atoms with Crippen LogP contribution < -0.4 is 10.6 Å². The molecule has 0 radical (unpaired) electrons. The zero-order valence-electron chi connectivity index (χ0n) is 7.31. The van der Waals surface area contributed by atoms with E-state index in [0.29, 0.717) is 12.0 Å². The fourth-order valence-electron chi connectivity index (χ4n) is 1.67. The summed E-state index contributed by atoms with van der Waals surface area (Å²) < 4.78 is 0. The Morgan fingerprint density at radius 2 is 2.25 bits per heavy atom. The summed E-state index contributed by atoms with van der Waals surface area (Å²) in [6, 6.07) is 0.520. The second-order valence-corrected chi connectivity index (χ2v) is 3.90. The lowest BCUT2D eigenvalue weighted by molar-refractivity contribution is -0.122. The molecule has 2 aliphatic rings. The smallest absolute Gasteiger partial charge is 0.220 e. The van der Waals surface area contributed by atoms with Gasteiger partial charge in [-0.05, 0) is 38.3 Å². The molecule has 0 aromatic rings. The molecule has 1 saturated carbocycles. The first-order valence-electron chi connectivity index (χ1n) is 4.84. The number of rotatable bonds is 3. The normalized spacial score (nSPS) is 28.8. The maximum Gasteiger partial charge on any atom is 0.220 e. The van der Waals surface area contributed by atoms with Gasteiger partial charge < -0.3 is 10.6 Å². The molecule has 1 aliphatic heterocycles. The topological polar surface area (TPSA) is 41.1 Å². The molecule has 12 heavy (non-hydrogen) atoms. The van der Waals surface area contributed by atoms with E-state index in [1.807, 2.05) is 0 Å². The molecule has 0 bridgehead atoms. The van der Waals surface area contributed by atoms with Gasteiger partial charge in [0.1, 0.15) is 0 Å². The number of nitrogens with one attached hydrogen (secondary N) is 2. The summed E-state index contributed by atoms with van der Waals surface area (Å²) >= 11 is 0. The van der Waals surface area contributed by atoms with E-state index in [9.17, 15) is 4.79 Å². The summed E-state index contributed by atoms with van der Waals surface area (Å²) in [5, 5.41) is 6.28. The van der Waals surface area contributed by atoms with Crippen LogP contribution in [0.5, 0.6) is 0 Å². The second kappa shape index (κ2) is 3.44. The summed E-state index contributed by atoms with van der Waals surface area (Å²) in [6.45, 7) is 2.11. The number of carbonyl (C=O) groups is 1. The van der Waals surface area contributed by atoms with Crippen LogP contribution in [0.1, 0.15) is 25.7 Å². The second-order valence-electron chi connectivity index (χ2n) is 3.90. The van der Waals surface area contributed by atoms with Crippen molar-refractivity contribution >= 4 is 5.91 Å². The van der Waals surface area contributed by atoms with Gasteiger partial charge in [0.05, 0.1) is 0 Å². The highest BCUT2D eigenvalue weighted by molar-refractivity contribution is 5.76. The molecule has 1 heterocycles. The van der Waals surface area contributed by atoms with Gasteiger partial charge in [0.25, 0.3) is 0 Å². The lowest BCUT2D eigenvalue weighted by atomic mass is 10.0. The number of hydrogen-bond donors (Lipinski definition) is 2. The van der Waals surface area contributed by atoms with Crippen LogP contribution in [0.25, 0.3) is 0 Å². The Labute approximate surface area is 72.9 Å². The SMILES string of the molecule is O=C(C[C@@H]1CCNC1)NC1CC1. The van der Waals surface area contributed by atoms with Gasteiger partial charge in [-0.25, -0.2) is 0 Å². The van der Waals surface area contributed by atoms with Crippen molar-refractivity contribution in [3.8, 4) is 0 Å². The Morgan fingerprint density at radius 1 is 1.42 bits per heavy atom. The number of carbonyl (C=O) groups excluding carboxylic acids is 1. The van der Waals surface area contributed by atoms with Crippen molar-refractivity contribution in [3.05, 3.63) is 0 Å². The third-order valence-electron chi connectivity index (χ3n) is 2.58. The van der Waals surface area contributed by atoms with Gasteiger partial charge >= 0.3 is 0 Å². The Bertz CT molecular complexity index is 171. The van der Waals surface area contributed by atoms with Crippen LogP contribution in [0.15, 0.2) is 0 Å². The van der Waals surface area contributed by atoms with Gasteiger partial charge in [-0.2, -0.15) is 0 Å². The maximum atomic E-state index is 11.3. The van der Waals surface area contributed by atoms with Crippen molar-refractivity contribution in [1.29, 1.82) is 0 Å². The van der Waals surface area contributed by atoms with Crippen LogP contribution in [-0.2, 0) is 4.79 Å². The minimum atomic E-state index is 0.256. The molecule has 1 saturated heterocycles. The molecular weight excluding hydrogens is 152 g/mol. The first kappa shape index (κ1) is 8.05. The predicted molar refractivity (Wildman–Crippen MR) is 46.8 cm³/mol. The maximum absolute atomic E-state index is 11.3. The molecule has 2 N–H and O–H groups in total. The minimum Gasteiger partial charge on any atom is -0.353 e. The van der Waals surface area contributed by atoms with E-state index in [1.54, 1.807) is 0 Å². The van der Waals surface area contributed by atoms with Crippen molar-refractivity contribution in [3.63, 3.8) is 0 Å². The summed E-state index contributed by atoms with van der Waals surface area (Å²) in [4.78, 5) is 11.3. The Hall–Kier alpha value is -0.570. The van der Waals surface area contributed by atoms with E-state index < -0.39 is 0 Å². The highest BCUT2D eigenvalue weighted by Crippen LogP contribution is 2.19. The molecule has 3 heteroatoms. The van der Waals surface area contributed by atoms with Crippen molar-refractivity contribution in [1.82, 2.24) is 10.6 Å². The third-order valence-corrected chi connectivity index (χ3v) is 2.58. The molecule has 0 spiro atoms.